The van der Waals surface area contributed by atoms with Crippen molar-refractivity contribution in [3.63, 3.8) is 0 Å². The summed E-state index contributed by atoms with van der Waals surface area (Å²) in [7, 11) is 2.91. The maximum Gasteiger partial charge on any atom is 0.323 e. The Morgan fingerprint density at radius 3 is 2.39 bits per heavy atom. The van der Waals surface area contributed by atoms with Crippen molar-refractivity contribution in [2.75, 3.05) is 20.8 Å². The number of hydrogen-bond donors (Lipinski definition) is 1. The predicted octanol–water partition coefficient (Wildman–Crippen LogP) is 2.96. The SMILES string of the molecule is COc1cc(/C=C2\C(=O)N(CC(=O)O)C(=O)c3ccccc32)cc(Cl)c1OC. The van der Waals surface area contributed by atoms with Gasteiger partial charge in [-0.1, -0.05) is 29.8 Å². The van der Waals surface area contributed by atoms with E-state index in [-0.39, 0.29) is 16.2 Å². The van der Waals surface area contributed by atoms with Crippen LogP contribution in [-0.2, 0) is 9.59 Å². The molecule has 7 nitrogen and oxygen atoms in total. The van der Waals surface area contributed by atoms with Crippen LogP contribution in [0.2, 0.25) is 5.02 Å². The van der Waals surface area contributed by atoms with Gasteiger partial charge < -0.3 is 14.6 Å². The van der Waals surface area contributed by atoms with E-state index in [2.05, 4.69) is 0 Å². The number of rotatable bonds is 5. The molecule has 0 radical (unpaired) electrons. The van der Waals surface area contributed by atoms with Gasteiger partial charge in [-0.05, 0) is 35.4 Å². The van der Waals surface area contributed by atoms with Crippen molar-refractivity contribution in [2.24, 2.45) is 0 Å². The summed E-state index contributed by atoms with van der Waals surface area (Å²) in [5, 5.41) is 9.36. The molecule has 0 aliphatic carbocycles. The van der Waals surface area contributed by atoms with Gasteiger partial charge >= 0.3 is 5.97 Å². The molecule has 0 aromatic heterocycles. The van der Waals surface area contributed by atoms with Crippen molar-refractivity contribution in [1.29, 1.82) is 0 Å². The number of aliphatic carboxylic acids is 1. The summed E-state index contributed by atoms with van der Waals surface area (Å²) in [6.07, 6.45) is 1.54. The van der Waals surface area contributed by atoms with Gasteiger partial charge in [0.25, 0.3) is 11.8 Å². The van der Waals surface area contributed by atoms with Crippen LogP contribution in [0.5, 0.6) is 11.5 Å². The summed E-state index contributed by atoms with van der Waals surface area (Å²) in [4.78, 5) is 37.3. The van der Waals surface area contributed by atoms with E-state index < -0.39 is 24.3 Å². The third kappa shape index (κ3) is 3.44. The number of carbonyl (C=O) groups is 3. The zero-order chi connectivity index (χ0) is 20.4. The van der Waals surface area contributed by atoms with Gasteiger partial charge in [-0.3, -0.25) is 19.3 Å². The molecule has 28 heavy (non-hydrogen) atoms. The third-order valence-corrected chi connectivity index (χ3v) is 4.51. The lowest BCUT2D eigenvalue weighted by atomic mass is 9.92. The lowest BCUT2D eigenvalue weighted by Gasteiger charge is -2.27. The summed E-state index contributed by atoms with van der Waals surface area (Å²) in [6.45, 7) is -0.726. The lowest BCUT2D eigenvalue weighted by Crippen LogP contribution is -2.44. The van der Waals surface area contributed by atoms with Gasteiger partial charge in [-0.15, -0.1) is 0 Å². The first-order chi connectivity index (χ1) is 13.4. The first-order valence-corrected chi connectivity index (χ1v) is 8.55. The Kier molecular flexibility index (Phi) is 5.37. The topological polar surface area (TPSA) is 93.1 Å². The Morgan fingerprint density at radius 2 is 1.79 bits per heavy atom. The van der Waals surface area contributed by atoms with E-state index in [1.54, 1.807) is 36.4 Å². The Bertz CT molecular complexity index is 1010. The van der Waals surface area contributed by atoms with E-state index in [1.807, 2.05) is 0 Å². The van der Waals surface area contributed by atoms with E-state index >= 15 is 0 Å². The van der Waals surface area contributed by atoms with Crippen LogP contribution >= 0.6 is 11.6 Å². The lowest BCUT2D eigenvalue weighted by molar-refractivity contribution is -0.141. The normalized spacial score (nSPS) is 14.8. The molecule has 0 unspecified atom stereocenters. The Balaban J connectivity index is 2.18. The van der Waals surface area contributed by atoms with Gasteiger partial charge in [-0.25, -0.2) is 0 Å². The van der Waals surface area contributed by atoms with Crippen molar-refractivity contribution in [2.45, 2.75) is 0 Å². The van der Waals surface area contributed by atoms with Crippen molar-refractivity contribution in [1.82, 2.24) is 4.90 Å². The quantitative estimate of drug-likeness (QED) is 0.611. The number of ether oxygens (including phenoxy) is 2. The molecule has 0 saturated carbocycles. The monoisotopic (exact) mass is 401 g/mol. The second-order valence-electron chi connectivity index (χ2n) is 5.93. The molecule has 0 bridgehead atoms. The minimum atomic E-state index is -1.28. The second kappa shape index (κ2) is 7.74. The van der Waals surface area contributed by atoms with Crippen molar-refractivity contribution >= 4 is 41.0 Å². The number of carbonyl (C=O) groups excluding carboxylic acids is 2. The summed E-state index contributed by atoms with van der Waals surface area (Å²) in [5.41, 5.74) is 1.39. The molecule has 2 aromatic carbocycles. The maximum absolute atomic E-state index is 12.9. The Hall–Kier alpha value is -3.32. The average Bonchev–Trinajstić information content (AvgIpc) is 2.67. The maximum atomic E-state index is 12.9. The highest BCUT2D eigenvalue weighted by Crippen LogP contribution is 2.38. The fourth-order valence-corrected chi connectivity index (χ4v) is 3.31. The molecule has 0 atom stereocenters. The Morgan fingerprint density at radius 1 is 1.11 bits per heavy atom. The number of methoxy groups -OCH3 is 2. The molecule has 1 heterocycles. The fourth-order valence-electron chi connectivity index (χ4n) is 3.01. The molecule has 1 N–H and O–H groups in total. The van der Waals surface area contributed by atoms with Crippen molar-refractivity contribution in [3.8, 4) is 11.5 Å². The number of halogens is 1. The highest BCUT2D eigenvalue weighted by atomic mass is 35.5. The van der Waals surface area contributed by atoms with E-state index in [9.17, 15) is 14.4 Å². The third-order valence-electron chi connectivity index (χ3n) is 4.23. The Labute approximate surface area is 165 Å². The summed E-state index contributed by atoms with van der Waals surface area (Å²) in [6, 6.07) is 9.75. The molecule has 0 saturated heterocycles. The summed E-state index contributed by atoms with van der Waals surface area (Å²) in [5.74, 6) is -1.90. The smallest absolute Gasteiger partial charge is 0.323 e. The average molecular weight is 402 g/mol. The zero-order valence-corrected chi connectivity index (χ0v) is 15.8. The van der Waals surface area contributed by atoms with E-state index in [0.29, 0.717) is 27.5 Å². The molecule has 144 valence electrons. The van der Waals surface area contributed by atoms with Crippen LogP contribution in [0, 0.1) is 0 Å². The van der Waals surface area contributed by atoms with Crippen LogP contribution in [0.3, 0.4) is 0 Å². The number of benzene rings is 2. The minimum Gasteiger partial charge on any atom is -0.493 e. The number of hydrogen-bond acceptors (Lipinski definition) is 5. The number of fused-ring (bicyclic) bond motifs is 1. The van der Waals surface area contributed by atoms with Crippen LogP contribution in [0.15, 0.2) is 36.4 Å². The van der Waals surface area contributed by atoms with E-state index in [0.717, 1.165) is 0 Å². The molecule has 3 rings (SSSR count). The summed E-state index contributed by atoms with van der Waals surface area (Å²) >= 11 is 6.23. The largest absolute Gasteiger partial charge is 0.493 e. The molecule has 8 heteroatoms. The van der Waals surface area contributed by atoms with E-state index in [4.69, 9.17) is 26.2 Å². The second-order valence-corrected chi connectivity index (χ2v) is 6.34. The molecule has 1 aliphatic rings. The number of nitrogens with zero attached hydrogens (tertiary/aromatic N) is 1. The molecule has 2 amide bonds. The molecule has 1 aliphatic heterocycles. The molecular weight excluding hydrogens is 386 g/mol. The predicted molar refractivity (Wildman–Crippen MR) is 103 cm³/mol. The van der Waals surface area contributed by atoms with Gasteiger partial charge in [0.1, 0.15) is 6.54 Å². The molecule has 0 spiro atoms. The van der Waals surface area contributed by atoms with Gasteiger partial charge in [0.15, 0.2) is 11.5 Å². The van der Waals surface area contributed by atoms with Crippen LogP contribution in [-0.4, -0.2) is 48.6 Å². The van der Waals surface area contributed by atoms with Crippen LogP contribution in [0.4, 0.5) is 0 Å². The zero-order valence-electron chi connectivity index (χ0n) is 15.1. The first-order valence-electron chi connectivity index (χ1n) is 8.18. The van der Waals surface area contributed by atoms with Crippen LogP contribution in [0.1, 0.15) is 21.5 Å². The van der Waals surface area contributed by atoms with Crippen LogP contribution < -0.4 is 9.47 Å². The van der Waals surface area contributed by atoms with Gasteiger partial charge in [0, 0.05) is 11.1 Å². The number of carboxylic acid groups (broad SMARTS) is 1. The number of amides is 2. The number of carboxylic acids is 1. The first kappa shape index (κ1) is 19.4. The van der Waals surface area contributed by atoms with Crippen molar-refractivity contribution < 1.29 is 29.0 Å². The highest BCUT2D eigenvalue weighted by Gasteiger charge is 2.35. The molecule has 2 aromatic rings. The minimum absolute atomic E-state index is 0.180. The van der Waals surface area contributed by atoms with Gasteiger partial charge in [0.05, 0.1) is 19.2 Å². The van der Waals surface area contributed by atoms with Gasteiger partial charge in [-0.2, -0.15) is 0 Å². The standard InChI is InChI=1S/C20H16ClNO6/c1-27-16-9-11(8-15(21)18(16)28-2)7-14-12-5-3-4-6-13(12)19(25)22(20(14)26)10-17(23)24/h3-9H,10H2,1-2H3,(H,23,24)/b14-7-. The number of imide groups is 1. The van der Waals surface area contributed by atoms with Crippen LogP contribution in [0.25, 0.3) is 11.6 Å². The fraction of sp³-hybridized carbons (Fsp3) is 0.150. The van der Waals surface area contributed by atoms with Gasteiger partial charge in [0.2, 0.25) is 0 Å². The van der Waals surface area contributed by atoms with Crippen molar-refractivity contribution in [3.05, 3.63) is 58.1 Å². The molecular formula is C20H16ClNO6. The highest BCUT2D eigenvalue weighted by molar-refractivity contribution is 6.35. The van der Waals surface area contributed by atoms with E-state index in [1.165, 1.54) is 20.3 Å². The molecule has 0 fully saturated rings. The summed E-state index contributed by atoms with van der Waals surface area (Å²) < 4.78 is 10.5.